The Morgan fingerprint density at radius 3 is 1.37 bits per heavy atom. The number of carboxylic acids is 1. The lowest BCUT2D eigenvalue weighted by atomic mass is 9.98. The Morgan fingerprint density at radius 2 is 0.890 bits per heavy atom. The van der Waals surface area contributed by atoms with E-state index < -0.39 is 67.3 Å². The first-order valence-electron chi connectivity index (χ1n) is 29.3. The number of carbonyl (C=O) groups excluding carboxylic acids is 3. The van der Waals surface area contributed by atoms with Gasteiger partial charge in [-0.2, -0.15) is 0 Å². The number of ether oxygens (including phenoxy) is 5. The molecule has 12 nitrogen and oxygen atoms in total. The van der Waals surface area contributed by atoms with Crippen molar-refractivity contribution in [2.24, 2.45) is 0 Å². The third kappa shape index (κ3) is 39.5. The van der Waals surface area contributed by atoms with Crippen LogP contribution in [0.25, 0.3) is 0 Å². The molecule has 420 valence electrons. The molecule has 0 spiro atoms. The van der Waals surface area contributed by atoms with Gasteiger partial charge < -0.3 is 39.0 Å². The Bertz CT molecular complexity index is 1500. The molecule has 1 aliphatic rings. The lowest BCUT2D eigenvalue weighted by Gasteiger charge is -2.40. The Labute approximate surface area is 443 Å². The highest BCUT2D eigenvalue weighted by Gasteiger charge is 2.50. The summed E-state index contributed by atoms with van der Waals surface area (Å²) in [4.78, 5) is 51.0. The largest absolute Gasteiger partial charge is 0.479 e. The van der Waals surface area contributed by atoms with Crippen molar-refractivity contribution < 1.29 is 58.2 Å². The van der Waals surface area contributed by atoms with Gasteiger partial charge in [0.1, 0.15) is 18.8 Å². The second-order valence-corrected chi connectivity index (χ2v) is 19.9. The highest BCUT2D eigenvalue weighted by molar-refractivity contribution is 5.74. The number of hydrogen-bond donors (Lipinski definition) is 3. The van der Waals surface area contributed by atoms with E-state index in [1.54, 1.807) is 0 Å². The number of esters is 3. The van der Waals surface area contributed by atoms with Gasteiger partial charge in [-0.1, -0.05) is 223 Å². The lowest BCUT2D eigenvalue weighted by Crippen LogP contribution is -2.61. The van der Waals surface area contributed by atoms with Crippen LogP contribution in [-0.2, 0) is 42.9 Å². The number of aliphatic carboxylic acids is 1. The molecule has 0 aromatic carbocycles. The summed E-state index contributed by atoms with van der Waals surface area (Å²) in [7, 11) is 0. The monoisotopic (exact) mass is 1030 g/mol. The first-order valence-corrected chi connectivity index (χ1v) is 29.3. The fourth-order valence-corrected chi connectivity index (χ4v) is 8.61. The second-order valence-electron chi connectivity index (χ2n) is 19.9. The van der Waals surface area contributed by atoms with E-state index in [2.05, 4.69) is 63.3 Å². The van der Waals surface area contributed by atoms with Gasteiger partial charge in [0.25, 0.3) is 0 Å². The number of rotatable bonds is 49. The normalized spacial score (nSPS) is 18.7. The van der Waals surface area contributed by atoms with Crippen LogP contribution in [0, 0.1) is 0 Å². The van der Waals surface area contributed by atoms with E-state index >= 15 is 0 Å². The minimum atomic E-state index is -1.92. The molecule has 0 amide bonds. The van der Waals surface area contributed by atoms with Crippen molar-refractivity contribution in [3.05, 3.63) is 60.8 Å². The summed E-state index contributed by atoms with van der Waals surface area (Å²) in [6, 6.07) is 0. The van der Waals surface area contributed by atoms with E-state index in [1.165, 1.54) is 122 Å². The van der Waals surface area contributed by atoms with Crippen molar-refractivity contribution >= 4 is 23.9 Å². The van der Waals surface area contributed by atoms with Gasteiger partial charge in [-0.3, -0.25) is 14.4 Å². The quantitative estimate of drug-likeness (QED) is 0.0228. The van der Waals surface area contributed by atoms with Crippen molar-refractivity contribution in [3.63, 3.8) is 0 Å². The Balaban J connectivity index is 2.72. The van der Waals surface area contributed by atoms with E-state index in [0.717, 1.165) is 64.2 Å². The molecule has 6 atom stereocenters. The van der Waals surface area contributed by atoms with Crippen molar-refractivity contribution in [3.8, 4) is 0 Å². The lowest BCUT2D eigenvalue weighted by molar-refractivity contribution is -0.301. The predicted octanol–water partition coefficient (Wildman–Crippen LogP) is 14.8. The fraction of sp³-hybridized carbons (Fsp3) is 0.770. The Hall–Kier alpha value is -3.58. The maximum Gasteiger partial charge on any atom is 0.335 e. The second kappa shape index (κ2) is 49.3. The van der Waals surface area contributed by atoms with Gasteiger partial charge in [0.2, 0.25) is 0 Å². The molecule has 12 heteroatoms. The van der Waals surface area contributed by atoms with Crippen molar-refractivity contribution in [1.82, 2.24) is 0 Å². The molecule has 0 saturated carbocycles. The number of carbonyl (C=O) groups is 4. The summed E-state index contributed by atoms with van der Waals surface area (Å²) < 4.78 is 28.3. The topological polar surface area (TPSA) is 175 Å². The van der Waals surface area contributed by atoms with Crippen LogP contribution < -0.4 is 0 Å². The van der Waals surface area contributed by atoms with Crippen LogP contribution in [0.5, 0.6) is 0 Å². The molecule has 73 heavy (non-hydrogen) atoms. The van der Waals surface area contributed by atoms with E-state index in [0.29, 0.717) is 25.7 Å². The smallest absolute Gasteiger partial charge is 0.335 e. The molecule has 1 saturated heterocycles. The standard InChI is InChI=1S/C61H104O12/c1-4-7-10-13-16-19-22-25-26-27-28-31-32-35-38-41-44-47-53(62)69-50-52(71-54(63)48-45-42-39-36-33-29-23-20-17-14-11-8-5-2)51-70-61-59(57(66)56(65)58(73-61)60(67)68)72-55(64)49-46-43-40-37-34-30-24-21-18-15-12-9-6-3/h9,12,18,21,25-26,30,34,40,43,52,56-59,61,65-66H,4-8,10-11,13-17,19-20,22-24,27-29,31-33,35-39,41-42,44-51H2,1-3H3,(H,67,68)/b12-9-,21-18-,26-25-,34-30-,43-40-. The highest BCUT2D eigenvalue weighted by Crippen LogP contribution is 2.26. The predicted molar refractivity (Wildman–Crippen MR) is 294 cm³/mol. The molecule has 1 aliphatic heterocycles. The van der Waals surface area contributed by atoms with E-state index in [-0.39, 0.29) is 25.9 Å². The van der Waals surface area contributed by atoms with Crippen LogP contribution >= 0.6 is 0 Å². The number of allylic oxidation sites excluding steroid dienone is 10. The maximum absolute atomic E-state index is 13.1. The molecule has 0 aromatic rings. The third-order valence-electron chi connectivity index (χ3n) is 13.1. The van der Waals surface area contributed by atoms with E-state index in [9.17, 15) is 34.5 Å². The van der Waals surface area contributed by atoms with E-state index in [4.69, 9.17) is 23.7 Å². The summed E-state index contributed by atoms with van der Waals surface area (Å²) in [5, 5.41) is 31.4. The van der Waals surface area contributed by atoms with Crippen LogP contribution in [0.15, 0.2) is 60.8 Å². The average molecular weight is 1030 g/mol. The number of aliphatic hydroxyl groups is 2. The van der Waals surface area contributed by atoms with Gasteiger partial charge in [0.05, 0.1) is 6.61 Å². The maximum atomic E-state index is 13.1. The van der Waals surface area contributed by atoms with Crippen LogP contribution in [0.1, 0.15) is 252 Å². The first kappa shape index (κ1) is 67.4. The van der Waals surface area contributed by atoms with Crippen LogP contribution in [0.3, 0.4) is 0 Å². The number of hydrogen-bond acceptors (Lipinski definition) is 11. The number of carboxylic acid groups (broad SMARTS) is 1. The van der Waals surface area contributed by atoms with Gasteiger partial charge in [-0.15, -0.1) is 0 Å². The van der Waals surface area contributed by atoms with Gasteiger partial charge in [-0.05, 0) is 70.6 Å². The minimum Gasteiger partial charge on any atom is -0.479 e. The third-order valence-corrected chi connectivity index (χ3v) is 13.1. The molecular formula is C61H104O12. The zero-order chi connectivity index (χ0) is 53.3. The Morgan fingerprint density at radius 1 is 0.466 bits per heavy atom. The molecular weight excluding hydrogens is 925 g/mol. The first-order chi connectivity index (χ1) is 35.6. The van der Waals surface area contributed by atoms with Crippen molar-refractivity contribution in [1.29, 1.82) is 0 Å². The Kier molecular flexibility index (Phi) is 45.5. The summed E-state index contributed by atoms with van der Waals surface area (Å²) in [6.07, 6.45) is 47.8. The minimum absolute atomic E-state index is 0.0603. The summed E-state index contributed by atoms with van der Waals surface area (Å²) in [6.45, 7) is 5.84. The summed E-state index contributed by atoms with van der Waals surface area (Å²) in [5.41, 5.74) is 0. The molecule has 0 radical (unpaired) electrons. The van der Waals surface area contributed by atoms with Crippen LogP contribution in [-0.4, -0.2) is 89.2 Å². The van der Waals surface area contributed by atoms with Gasteiger partial charge in [0.15, 0.2) is 24.6 Å². The SMILES string of the molecule is CC/C=C\C/C=C\C/C=C\C/C=C\CCC(=O)OC1C(OCC(COC(=O)CCCCCCCCC/C=C\CCCCCCCC)OC(=O)CCCCCCCCCCCCCCC)OC(C(=O)O)C(O)C1O. The summed E-state index contributed by atoms with van der Waals surface area (Å²) >= 11 is 0. The molecule has 0 aromatic heterocycles. The van der Waals surface area contributed by atoms with Crippen LogP contribution in [0.4, 0.5) is 0 Å². The average Bonchev–Trinajstić information content (AvgIpc) is 3.37. The zero-order valence-electron chi connectivity index (χ0n) is 46.1. The van der Waals surface area contributed by atoms with Crippen LogP contribution in [0.2, 0.25) is 0 Å². The summed E-state index contributed by atoms with van der Waals surface area (Å²) in [5.74, 6) is -3.22. The molecule has 0 bridgehead atoms. The molecule has 0 aliphatic carbocycles. The molecule has 1 fully saturated rings. The highest BCUT2D eigenvalue weighted by atomic mass is 16.7. The van der Waals surface area contributed by atoms with Gasteiger partial charge in [0, 0.05) is 19.3 Å². The molecule has 1 heterocycles. The van der Waals surface area contributed by atoms with Crippen molar-refractivity contribution in [2.75, 3.05) is 13.2 Å². The van der Waals surface area contributed by atoms with Crippen molar-refractivity contribution in [2.45, 2.75) is 289 Å². The number of unbranched alkanes of at least 4 members (excludes halogenated alkanes) is 25. The molecule has 6 unspecified atom stereocenters. The molecule has 1 rings (SSSR count). The fourth-order valence-electron chi connectivity index (χ4n) is 8.61. The number of aliphatic hydroxyl groups excluding tert-OH is 2. The van der Waals surface area contributed by atoms with Gasteiger partial charge in [-0.25, -0.2) is 4.79 Å². The van der Waals surface area contributed by atoms with E-state index in [1.807, 2.05) is 18.2 Å². The molecule has 3 N–H and O–H groups in total. The zero-order valence-corrected chi connectivity index (χ0v) is 46.1. The van der Waals surface area contributed by atoms with Gasteiger partial charge >= 0.3 is 23.9 Å².